The summed E-state index contributed by atoms with van der Waals surface area (Å²) in [5, 5.41) is 12.1. The lowest BCUT2D eigenvalue weighted by molar-refractivity contribution is -0.173. The summed E-state index contributed by atoms with van der Waals surface area (Å²) in [7, 11) is -0.442. The fraction of sp³-hybridized carbons (Fsp3) is 0.871. The van der Waals surface area contributed by atoms with Crippen molar-refractivity contribution in [1.82, 2.24) is 0 Å². The number of hydrogen-bond donors (Lipinski definition) is 1. The quantitative estimate of drug-likeness (QED) is 0.189. The zero-order valence-electron chi connectivity index (χ0n) is 25.2. The van der Waals surface area contributed by atoms with Crippen LogP contribution in [0.3, 0.4) is 0 Å². The number of hydrogen-bond acceptors (Lipinski definition) is 4. The van der Waals surface area contributed by atoms with Crippen molar-refractivity contribution in [3.05, 3.63) is 24.0 Å². The van der Waals surface area contributed by atoms with Crippen LogP contribution in [0.2, 0.25) is 16.6 Å². The third-order valence-electron chi connectivity index (χ3n) is 11.3. The molecule has 5 heteroatoms. The van der Waals surface area contributed by atoms with Gasteiger partial charge in [0.15, 0.2) is 0 Å². The molecule has 0 radical (unpaired) electrons. The molecule has 0 heterocycles. The van der Waals surface area contributed by atoms with E-state index in [1.54, 1.807) is 7.11 Å². The summed E-state index contributed by atoms with van der Waals surface area (Å²) in [6.07, 6.45) is 6.38. The van der Waals surface area contributed by atoms with Gasteiger partial charge in [0.2, 0.25) is 0 Å². The molecule has 0 aromatic carbocycles. The highest BCUT2D eigenvalue weighted by Crippen LogP contribution is 2.69. The molecule has 2 bridgehead atoms. The lowest BCUT2D eigenvalue weighted by atomic mass is 9.46. The molecule has 1 N–H and O–H groups in total. The van der Waals surface area contributed by atoms with E-state index < -0.39 is 14.4 Å². The van der Waals surface area contributed by atoms with Gasteiger partial charge in [-0.25, -0.2) is 0 Å². The molecule has 208 valence electrons. The Bertz CT molecular complexity index is 813. The van der Waals surface area contributed by atoms with Gasteiger partial charge in [-0.3, -0.25) is 0 Å². The zero-order valence-corrected chi connectivity index (χ0v) is 26.2. The molecule has 0 spiro atoms. The van der Waals surface area contributed by atoms with Crippen molar-refractivity contribution in [3.8, 4) is 0 Å². The van der Waals surface area contributed by atoms with Crippen LogP contribution in [0.1, 0.15) is 101 Å². The van der Waals surface area contributed by atoms with Crippen LogP contribution in [0.15, 0.2) is 24.0 Å². The molecule has 3 rings (SSSR count). The number of methoxy groups -OCH3 is 1. The Morgan fingerprint density at radius 3 is 2.14 bits per heavy atom. The first kappa shape index (κ1) is 29.9. The fourth-order valence-electron chi connectivity index (χ4n) is 9.10. The molecule has 0 aliphatic heterocycles. The molecule has 2 fully saturated rings. The maximum absolute atomic E-state index is 12.1. The van der Waals surface area contributed by atoms with Gasteiger partial charge in [0.25, 0.3) is 8.32 Å². The van der Waals surface area contributed by atoms with Gasteiger partial charge >= 0.3 is 0 Å². The Kier molecular flexibility index (Phi) is 8.73. The molecule has 36 heavy (non-hydrogen) atoms. The second-order valence-corrected chi connectivity index (χ2v) is 19.2. The first-order chi connectivity index (χ1) is 16.7. The zero-order chi connectivity index (χ0) is 27.3. The van der Waals surface area contributed by atoms with E-state index in [9.17, 15) is 5.11 Å². The maximum Gasteiger partial charge on any atom is 0.258 e. The minimum atomic E-state index is -2.13. The Labute approximate surface area is 223 Å². The van der Waals surface area contributed by atoms with Crippen molar-refractivity contribution in [2.75, 3.05) is 13.9 Å². The highest BCUT2D eigenvalue weighted by Gasteiger charge is 2.64. The van der Waals surface area contributed by atoms with Crippen molar-refractivity contribution in [2.24, 2.45) is 28.1 Å². The minimum absolute atomic E-state index is 0.0360. The first-order valence-electron chi connectivity index (χ1n) is 14.5. The van der Waals surface area contributed by atoms with E-state index >= 15 is 0 Å². The van der Waals surface area contributed by atoms with E-state index in [4.69, 9.17) is 13.9 Å². The summed E-state index contributed by atoms with van der Waals surface area (Å²) in [6.45, 7) is 28.0. The van der Waals surface area contributed by atoms with Crippen LogP contribution in [0.5, 0.6) is 0 Å². The summed E-state index contributed by atoms with van der Waals surface area (Å²) < 4.78 is 19.4. The maximum atomic E-state index is 12.1. The van der Waals surface area contributed by atoms with Crippen molar-refractivity contribution in [2.45, 2.75) is 130 Å². The van der Waals surface area contributed by atoms with E-state index in [1.807, 2.05) is 6.08 Å². The second-order valence-electron chi connectivity index (χ2n) is 13.8. The van der Waals surface area contributed by atoms with Crippen LogP contribution < -0.4 is 0 Å². The predicted molar refractivity (Wildman–Crippen MR) is 152 cm³/mol. The van der Waals surface area contributed by atoms with Crippen molar-refractivity contribution < 1.29 is 19.0 Å². The number of aliphatic hydroxyl groups excluding tert-OH is 1. The average molecular weight is 521 g/mol. The molecule has 4 nitrogen and oxygen atoms in total. The van der Waals surface area contributed by atoms with Crippen LogP contribution in [0.25, 0.3) is 0 Å². The van der Waals surface area contributed by atoms with Gasteiger partial charge in [-0.1, -0.05) is 75.3 Å². The van der Waals surface area contributed by atoms with Gasteiger partial charge in [-0.05, 0) is 59.7 Å². The van der Waals surface area contributed by atoms with Crippen molar-refractivity contribution in [3.63, 3.8) is 0 Å². The van der Waals surface area contributed by atoms with E-state index in [0.717, 1.165) is 25.7 Å². The molecule has 0 amide bonds. The number of rotatable bonds is 9. The smallest absolute Gasteiger partial charge is 0.258 e. The largest absolute Gasteiger partial charge is 0.546 e. The van der Waals surface area contributed by atoms with Crippen molar-refractivity contribution >= 4 is 8.32 Å². The Morgan fingerprint density at radius 2 is 1.64 bits per heavy atom. The molecular weight excluding hydrogens is 464 g/mol. The lowest BCUT2D eigenvalue weighted by Gasteiger charge is -2.60. The molecule has 0 aromatic heterocycles. The minimum Gasteiger partial charge on any atom is -0.546 e. The highest BCUT2D eigenvalue weighted by molar-refractivity contribution is 6.77. The van der Waals surface area contributed by atoms with E-state index in [-0.39, 0.29) is 35.1 Å². The third kappa shape index (κ3) is 4.28. The third-order valence-corrected chi connectivity index (χ3v) is 17.3. The van der Waals surface area contributed by atoms with Gasteiger partial charge in [-0.15, -0.1) is 6.58 Å². The monoisotopic (exact) mass is 520 g/mol. The van der Waals surface area contributed by atoms with Crippen LogP contribution in [0.4, 0.5) is 0 Å². The van der Waals surface area contributed by atoms with Gasteiger partial charge in [0, 0.05) is 29.8 Å². The summed E-state index contributed by atoms with van der Waals surface area (Å²) >= 11 is 0. The van der Waals surface area contributed by atoms with Gasteiger partial charge in [0.1, 0.15) is 6.79 Å². The first-order valence-corrected chi connectivity index (χ1v) is 16.7. The van der Waals surface area contributed by atoms with Crippen LogP contribution in [0, 0.1) is 28.1 Å². The molecular formula is C31H56O4Si. The molecule has 7 atom stereocenters. The van der Waals surface area contributed by atoms with Crippen molar-refractivity contribution in [1.29, 1.82) is 0 Å². The Balaban J connectivity index is 2.29. The fourth-order valence-corrected chi connectivity index (χ4v) is 14.4. The number of allylic oxidation sites excluding steroid dienone is 1. The summed E-state index contributed by atoms with van der Waals surface area (Å²) in [6, 6.07) is 0. The number of aliphatic hydroxyl groups is 1. The molecule has 0 saturated heterocycles. The lowest BCUT2D eigenvalue weighted by Crippen LogP contribution is -2.59. The summed E-state index contributed by atoms with van der Waals surface area (Å²) in [4.78, 5) is 0. The van der Waals surface area contributed by atoms with Gasteiger partial charge in [-0.2, -0.15) is 0 Å². The normalized spacial score (nSPS) is 39.4. The molecule has 3 aliphatic rings. The van der Waals surface area contributed by atoms with E-state index in [1.165, 1.54) is 11.3 Å². The Hall–Kier alpha value is -0.623. The van der Waals surface area contributed by atoms with Crippen LogP contribution in [-0.2, 0) is 13.9 Å². The summed E-state index contributed by atoms with van der Waals surface area (Å²) in [5.74, 6) is 1.88. The SMILES string of the molecule is C=C[C@@]1(C)C[C@@H](O)C2(C)C3=C(O[Si](C(C)C)(C(C)C)C(C)C)CCC3(CCC2C)[C@@H](C)C1OCOC. The molecule has 4 unspecified atom stereocenters. The Morgan fingerprint density at radius 1 is 1.06 bits per heavy atom. The predicted octanol–water partition coefficient (Wildman–Crippen LogP) is 8.23. The molecule has 3 aliphatic carbocycles. The van der Waals surface area contributed by atoms with Gasteiger partial charge < -0.3 is 19.0 Å². The summed E-state index contributed by atoms with van der Waals surface area (Å²) in [5.41, 5.74) is 2.29. The molecule has 2 saturated carbocycles. The number of ether oxygens (including phenoxy) is 2. The molecule has 0 aromatic rings. The second kappa shape index (κ2) is 10.5. The van der Waals surface area contributed by atoms with E-state index in [2.05, 4.69) is 75.8 Å². The van der Waals surface area contributed by atoms with Crippen LogP contribution in [-0.4, -0.2) is 39.5 Å². The van der Waals surface area contributed by atoms with Gasteiger partial charge in [0.05, 0.1) is 18.0 Å². The average Bonchev–Trinajstić information content (AvgIpc) is 3.18. The highest BCUT2D eigenvalue weighted by atomic mass is 28.4. The topological polar surface area (TPSA) is 47.9 Å². The van der Waals surface area contributed by atoms with E-state index in [0.29, 0.717) is 29.0 Å². The van der Waals surface area contributed by atoms with Crippen LogP contribution >= 0.6 is 0 Å². The standard InChI is InChI=1S/C31H56O4Si/c1-13-29(10)18-26(32)30(11)23(8)14-16-31(24(9)28(29)34-19-33-12)17-15-25(27(30)31)35-36(20(2)3,21(4)5)22(6)7/h13,20-24,26,28,32H,1,14-19H2,2-12H3/t23?,24-,26+,28?,29-,30?,31?/m0/s1.